The van der Waals surface area contributed by atoms with Gasteiger partial charge in [0.1, 0.15) is 17.5 Å². The summed E-state index contributed by atoms with van der Waals surface area (Å²) in [5.74, 6) is -1.58. The van der Waals surface area contributed by atoms with E-state index in [1.54, 1.807) is 18.2 Å². The number of pyridine rings is 1. The molecule has 3 rings (SSSR count). The predicted octanol–water partition coefficient (Wildman–Crippen LogP) is 4.88. The lowest BCUT2D eigenvalue weighted by Crippen LogP contribution is -2.14. The highest BCUT2D eigenvalue weighted by atomic mass is 35.5. The molecule has 1 heterocycles. The lowest BCUT2D eigenvalue weighted by Gasteiger charge is -2.09. The van der Waals surface area contributed by atoms with E-state index in [-0.39, 0.29) is 5.69 Å². The highest BCUT2D eigenvalue weighted by Gasteiger charge is 2.11. The molecule has 0 aliphatic heterocycles. The van der Waals surface area contributed by atoms with Crippen LogP contribution in [0.1, 0.15) is 15.9 Å². The van der Waals surface area contributed by atoms with Gasteiger partial charge in [0.05, 0.1) is 5.69 Å². The van der Waals surface area contributed by atoms with E-state index in [1.807, 2.05) is 12.1 Å². The van der Waals surface area contributed by atoms with Crippen molar-refractivity contribution in [2.75, 3.05) is 10.6 Å². The number of carbonyl (C=O) groups excluding carboxylic acids is 1. The van der Waals surface area contributed by atoms with Crippen LogP contribution in [-0.2, 0) is 6.54 Å². The fourth-order valence-electron chi connectivity index (χ4n) is 2.25. The Balaban J connectivity index is 1.67. The maximum Gasteiger partial charge on any atom is 0.255 e. The van der Waals surface area contributed by atoms with Crippen molar-refractivity contribution in [2.45, 2.75) is 6.54 Å². The van der Waals surface area contributed by atoms with Gasteiger partial charge in [-0.2, -0.15) is 0 Å². The molecule has 0 unspecified atom stereocenters. The molecular formula is C19H14ClF2N3O. The molecule has 0 aliphatic rings. The molecule has 0 saturated carbocycles. The Morgan fingerprint density at radius 1 is 1.04 bits per heavy atom. The van der Waals surface area contributed by atoms with Crippen molar-refractivity contribution in [3.8, 4) is 0 Å². The Morgan fingerprint density at radius 2 is 1.81 bits per heavy atom. The van der Waals surface area contributed by atoms with E-state index in [0.29, 0.717) is 29.0 Å². The first-order valence-corrected chi connectivity index (χ1v) is 8.10. The summed E-state index contributed by atoms with van der Waals surface area (Å²) < 4.78 is 26.6. The minimum Gasteiger partial charge on any atom is -0.366 e. The molecule has 0 spiro atoms. The van der Waals surface area contributed by atoms with Crippen molar-refractivity contribution in [1.82, 2.24) is 4.98 Å². The van der Waals surface area contributed by atoms with Gasteiger partial charge in [-0.05, 0) is 42.0 Å². The largest absolute Gasteiger partial charge is 0.366 e. The molecular weight excluding hydrogens is 360 g/mol. The first-order chi connectivity index (χ1) is 12.5. The maximum atomic E-state index is 13.7. The minimum absolute atomic E-state index is 0.0936. The van der Waals surface area contributed by atoms with Gasteiger partial charge in [0, 0.05) is 29.4 Å². The monoisotopic (exact) mass is 373 g/mol. The van der Waals surface area contributed by atoms with Gasteiger partial charge >= 0.3 is 0 Å². The Bertz CT molecular complexity index is 932. The average molecular weight is 374 g/mol. The average Bonchev–Trinajstić information content (AvgIpc) is 2.64. The number of carbonyl (C=O) groups is 1. The summed E-state index contributed by atoms with van der Waals surface area (Å²) >= 11 is 5.85. The van der Waals surface area contributed by atoms with Crippen molar-refractivity contribution in [3.63, 3.8) is 0 Å². The fraction of sp³-hybridized carbons (Fsp3) is 0.0526. The lowest BCUT2D eigenvalue weighted by atomic mass is 10.2. The summed E-state index contributed by atoms with van der Waals surface area (Å²) in [4.78, 5) is 16.4. The van der Waals surface area contributed by atoms with Crippen LogP contribution in [0.4, 0.5) is 20.3 Å². The normalized spacial score (nSPS) is 10.4. The van der Waals surface area contributed by atoms with Crippen molar-refractivity contribution in [2.24, 2.45) is 0 Å². The number of halogens is 3. The Morgan fingerprint density at radius 3 is 2.54 bits per heavy atom. The molecule has 7 heteroatoms. The second kappa shape index (κ2) is 7.93. The predicted molar refractivity (Wildman–Crippen MR) is 97.3 cm³/mol. The maximum absolute atomic E-state index is 13.7. The summed E-state index contributed by atoms with van der Waals surface area (Å²) in [5.41, 5.74) is 1.20. The molecule has 0 bridgehead atoms. The fourth-order valence-corrected chi connectivity index (χ4v) is 2.37. The van der Waals surface area contributed by atoms with E-state index in [4.69, 9.17) is 11.6 Å². The first kappa shape index (κ1) is 17.8. The zero-order valence-corrected chi connectivity index (χ0v) is 14.2. The molecule has 0 atom stereocenters. The Kier molecular flexibility index (Phi) is 5.43. The molecule has 1 amide bonds. The summed E-state index contributed by atoms with van der Waals surface area (Å²) in [7, 11) is 0. The third kappa shape index (κ3) is 4.55. The van der Waals surface area contributed by atoms with Crippen LogP contribution in [-0.4, -0.2) is 10.9 Å². The molecule has 0 saturated heterocycles. The SMILES string of the molecule is O=C(Nc1ccc(F)cc1F)c1ccnc(NCc2ccc(Cl)cc2)c1. The quantitative estimate of drug-likeness (QED) is 0.670. The lowest BCUT2D eigenvalue weighted by molar-refractivity contribution is 0.102. The van der Waals surface area contributed by atoms with E-state index in [1.165, 1.54) is 18.3 Å². The van der Waals surface area contributed by atoms with Gasteiger partial charge in [0.15, 0.2) is 0 Å². The Labute approximate surface area is 153 Å². The van der Waals surface area contributed by atoms with Crippen LogP contribution < -0.4 is 10.6 Å². The van der Waals surface area contributed by atoms with Crippen LogP contribution in [0.25, 0.3) is 0 Å². The van der Waals surface area contributed by atoms with Crippen LogP contribution >= 0.6 is 11.6 Å². The highest BCUT2D eigenvalue weighted by molar-refractivity contribution is 6.30. The summed E-state index contributed by atoms with van der Waals surface area (Å²) in [6, 6.07) is 13.3. The zero-order chi connectivity index (χ0) is 18.5. The van der Waals surface area contributed by atoms with Gasteiger partial charge < -0.3 is 10.6 Å². The second-order valence-electron chi connectivity index (χ2n) is 5.49. The van der Waals surface area contributed by atoms with Gasteiger partial charge in [-0.1, -0.05) is 23.7 Å². The summed E-state index contributed by atoms with van der Waals surface area (Å²) in [5, 5.41) is 6.16. The van der Waals surface area contributed by atoms with Gasteiger partial charge in [-0.25, -0.2) is 13.8 Å². The zero-order valence-electron chi connectivity index (χ0n) is 13.5. The molecule has 0 aliphatic carbocycles. The number of aromatic nitrogens is 1. The number of rotatable bonds is 5. The van der Waals surface area contributed by atoms with Crippen LogP contribution in [0.3, 0.4) is 0 Å². The second-order valence-corrected chi connectivity index (χ2v) is 5.92. The van der Waals surface area contributed by atoms with Crippen molar-refractivity contribution in [3.05, 3.63) is 88.6 Å². The van der Waals surface area contributed by atoms with Gasteiger partial charge in [-0.15, -0.1) is 0 Å². The highest BCUT2D eigenvalue weighted by Crippen LogP contribution is 2.17. The number of benzene rings is 2. The third-order valence-corrected chi connectivity index (χ3v) is 3.84. The van der Waals surface area contributed by atoms with Crippen LogP contribution in [0, 0.1) is 11.6 Å². The summed E-state index contributed by atoms with van der Waals surface area (Å²) in [6.07, 6.45) is 1.47. The van der Waals surface area contributed by atoms with E-state index < -0.39 is 17.5 Å². The van der Waals surface area contributed by atoms with E-state index >= 15 is 0 Å². The topological polar surface area (TPSA) is 54.0 Å². The first-order valence-electron chi connectivity index (χ1n) is 7.72. The number of anilines is 2. The molecule has 1 aromatic heterocycles. The number of nitrogens with one attached hydrogen (secondary N) is 2. The molecule has 2 N–H and O–H groups in total. The molecule has 0 radical (unpaired) electrons. The molecule has 3 aromatic rings. The van der Waals surface area contributed by atoms with Crippen LogP contribution in [0.15, 0.2) is 60.8 Å². The van der Waals surface area contributed by atoms with E-state index in [9.17, 15) is 13.6 Å². The summed E-state index contributed by atoms with van der Waals surface area (Å²) in [6.45, 7) is 0.502. The molecule has 0 fully saturated rings. The molecule has 26 heavy (non-hydrogen) atoms. The molecule has 4 nitrogen and oxygen atoms in total. The third-order valence-electron chi connectivity index (χ3n) is 3.59. The minimum atomic E-state index is -0.839. The molecule has 2 aromatic carbocycles. The number of hydrogen-bond acceptors (Lipinski definition) is 3. The van der Waals surface area contributed by atoms with E-state index in [2.05, 4.69) is 15.6 Å². The number of hydrogen-bond donors (Lipinski definition) is 2. The van der Waals surface area contributed by atoms with Gasteiger partial charge in [-0.3, -0.25) is 4.79 Å². The Hall–Kier alpha value is -2.99. The standard InChI is InChI=1S/C19H14ClF2N3O/c20-14-3-1-12(2-4-14)11-24-18-9-13(7-8-23-18)19(26)25-17-6-5-15(21)10-16(17)22/h1-10H,11H2,(H,23,24)(H,25,26). The van der Waals surface area contributed by atoms with Gasteiger partial charge in [0.2, 0.25) is 0 Å². The number of nitrogens with zero attached hydrogens (tertiary/aromatic N) is 1. The van der Waals surface area contributed by atoms with Crippen LogP contribution in [0.2, 0.25) is 5.02 Å². The smallest absolute Gasteiger partial charge is 0.255 e. The van der Waals surface area contributed by atoms with Crippen LogP contribution in [0.5, 0.6) is 0 Å². The number of amides is 1. The van der Waals surface area contributed by atoms with Crippen molar-refractivity contribution in [1.29, 1.82) is 0 Å². The van der Waals surface area contributed by atoms with E-state index in [0.717, 1.165) is 11.6 Å². The molecule has 132 valence electrons. The van der Waals surface area contributed by atoms with Crippen molar-refractivity contribution < 1.29 is 13.6 Å². The van der Waals surface area contributed by atoms with Crippen molar-refractivity contribution >= 4 is 29.0 Å². The van der Waals surface area contributed by atoms with Gasteiger partial charge in [0.25, 0.3) is 5.91 Å².